The monoisotopic (exact) mass is 380 g/mol. The molecule has 8 nitrogen and oxygen atoms in total. The quantitative estimate of drug-likeness (QED) is 0.669. The highest BCUT2D eigenvalue weighted by Crippen LogP contribution is 2.23. The SMILES string of the molecule is CCN(c1ccc(C(=O)N2CCN(C=O)CC2)cn1)C1CCS(=O)(=O)C1. The maximum absolute atomic E-state index is 12.6. The minimum absolute atomic E-state index is 0.0597. The Morgan fingerprint density at radius 1 is 1.31 bits per heavy atom. The summed E-state index contributed by atoms with van der Waals surface area (Å²) in [7, 11) is -2.96. The second kappa shape index (κ2) is 7.61. The van der Waals surface area contributed by atoms with E-state index in [-0.39, 0.29) is 23.5 Å². The number of pyridine rings is 1. The highest BCUT2D eigenvalue weighted by molar-refractivity contribution is 7.91. The predicted octanol–water partition coefficient (Wildman–Crippen LogP) is 0.00920. The van der Waals surface area contributed by atoms with Gasteiger partial charge in [0, 0.05) is 45.0 Å². The summed E-state index contributed by atoms with van der Waals surface area (Å²) in [5.41, 5.74) is 0.503. The average molecular weight is 380 g/mol. The van der Waals surface area contributed by atoms with E-state index in [0.717, 1.165) is 6.41 Å². The zero-order valence-corrected chi connectivity index (χ0v) is 15.7. The number of hydrogen-bond acceptors (Lipinski definition) is 6. The Morgan fingerprint density at radius 3 is 2.54 bits per heavy atom. The van der Waals surface area contributed by atoms with Crippen LogP contribution in [0.4, 0.5) is 5.82 Å². The molecule has 142 valence electrons. The van der Waals surface area contributed by atoms with E-state index < -0.39 is 9.84 Å². The average Bonchev–Trinajstić information content (AvgIpc) is 3.02. The molecule has 3 heterocycles. The molecular formula is C17H24N4O4S. The molecule has 3 rings (SSSR count). The first-order chi connectivity index (χ1) is 12.4. The van der Waals surface area contributed by atoms with Crippen molar-refractivity contribution in [2.75, 3.05) is 49.1 Å². The molecule has 1 unspecified atom stereocenters. The Bertz CT molecular complexity index is 757. The fourth-order valence-corrected chi connectivity index (χ4v) is 5.25. The Balaban J connectivity index is 1.67. The van der Waals surface area contributed by atoms with E-state index in [2.05, 4.69) is 4.98 Å². The predicted molar refractivity (Wildman–Crippen MR) is 97.9 cm³/mol. The lowest BCUT2D eigenvalue weighted by Crippen LogP contribution is -2.48. The molecule has 0 saturated carbocycles. The van der Waals surface area contributed by atoms with Crippen molar-refractivity contribution in [2.45, 2.75) is 19.4 Å². The summed E-state index contributed by atoms with van der Waals surface area (Å²) in [5.74, 6) is 0.972. The lowest BCUT2D eigenvalue weighted by atomic mass is 10.2. The number of anilines is 1. The van der Waals surface area contributed by atoms with Crippen LogP contribution in [0.1, 0.15) is 23.7 Å². The van der Waals surface area contributed by atoms with Gasteiger partial charge in [0.05, 0.1) is 17.1 Å². The van der Waals surface area contributed by atoms with Crippen molar-refractivity contribution in [2.24, 2.45) is 0 Å². The van der Waals surface area contributed by atoms with Crippen LogP contribution in [0.3, 0.4) is 0 Å². The van der Waals surface area contributed by atoms with Crippen molar-refractivity contribution in [1.82, 2.24) is 14.8 Å². The van der Waals surface area contributed by atoms with Crippen LogP contribution in [0, 0.1) is 0 Å². The van der Waals surface area contributed by atoms with Gasteiger partial charge in [-0.25, -0.2) is 13.4 Å². The van der Waals surface area contributed by atoms with Crippen molar-refractivity contribution in [3.63, 3.8) is 0 Å². The maximum Gasteiger partial charge on any atom is 0.255 e. The van der Waals surface area contributed by atoms with Crippen molar-refractivity contribution >= 4 is 28.0 Å². The van der Waals surface area contributed by atoms with Gasteiger partial charge in [0.2, 0.25) is 6.41 Å². The second-order valence-electron chi connectivity index (χ2n) is 6.68. The molecule has 0 bridgehead atoms. The lowest BCUT2D eigenvalue weighted by Gasteiger charge is -2.32. The van der Waals surface area contributed by atoms with E-state index in [9.17, 15) is 18.0 Å². The molecule has 0 aromatic carbocycles. The van der Waals surface area contributed by atoms with Gasteiger partial charge < -0.3 is 14.7 Å². The molecule has 2 amide bonds. The van der Waals surface area contributed by atoms with Gasteiger partial charge in [-0.15, -0.1) is 0 Å². The topological polar surface area (TPSA) is 90.9 Å². The van der Waals surface area contributed by atoms with Gasteiger partial charge >= 0.3 is 0 Å². The van der Waals surface area contributed by atoms with E-state index in [1.165, 1.54) is 0 Å². The van der Waals surface area contributed by atoms with Gasteiger partial charge in [-0.05, 0) is 25.5 Å². The number of hydrogen-bond donors (Lipinski definition) is 0. The minimum Gasteiger partial charge on any atom is -0.353 e. The molecule has 26 heavy (non-hydrogen) atoms. The van der Waals surface area contributed by atoms with Crippen molar-refractivity contribution in [3.05, 3.63) is 23.9 Å². The van der Waals surface area contributed by atoms with Crippen molar-refractivity contribution in [3.8, 4) is 0 Å². The largest absolute Gasteiger partial charge is 0.353 e. The molecule has 0 radical (unpaired) electrons. The molecule has 0 N–H and O–H groups in total. The fourth-order valence-electron chi connectivity index (χ4n) is 3.52. The van der Waals surface area contributed by atoms with Crippen LogP contribution in [0.15, 0.2) is 18.3 Å². The Hall–Kier alpha value is -2.16. The first-order valence-corrected chi connectivity index (χ1v) is 10.7. The van der Waals surface area contributed by atoms with Crippen LogP contribution in [-0.2, 0) is 14.6 Å². The van der Waals surface area contributed by atoms with E-state index in [1.807, 2.05) is 11.8 Å². The summed E-state index contributed by atoms with van der Waals surface area (Å²) in [4.78, 5) is 33.1. The van der Waals surface area contributed by atoms with Crippen LogP contribution in [0.25, 0.3) is 0 Å². The van der Waals surface area contributed by atoms with Crippen LogP contribution >= 0.6 is 0 Å². The molecule has 1 aromatic rings. The zero-order valence-electron chi connectivity index (χ0n) is 14.9. The standard InChI is InChI=1S/C17H24N4O4S/c1-2-21(15-5-10-26(24,25)12-15)16-4-3-14(11-18-16)17(23)20-8-6-19(13-22)7-9-20/h3-4,11,13,15H,2,5-10,12H2,1H3. The first-order valence-electron chi connectivity index (χ1n) is 8.85. The van der Waals surface area contributed by atoms with Crippen LogP contribution in [0.5, 0.6) is 0 Å². The highest BCUT2D eigenvalue weighted by Gasteiger charge is 2.32. The number of aromatic nitrogens is 1. The Labute approximate surface area is 153 Å². The van der Waals surface area contributed by atoms with Crippen LogP contribution in [0.2, 0.25) is 0 Å². The summed E-state index contributed by atoms with van der Waals surface area (Å²) < 4.78 is 23.5. The molecular weight excluding hydrogens is 356 g/mol. The summed E-state index contributed by atoms with van der Waals surface area (Å²) in [5, 5.41) is 0. The maximum atomic E-state index is 12.6. The van der Waals surface area contributed by atoms with E-state index in [4.69, 9.17) is 0 Å². The van der Waals surface area contributed by atoms with Gasteiger partial charge in [0.1, 0.15) is 5.82 Å². The number of sulfone groups is 1. The second-order valence-corrected chi connectivity index (χ2v) is 8.91. The lowest BCUT2D eigenvalue weighted by molar-refractivity contribution is -0.119. The molecule has 1 atom stereocenters. The molecule has 2 aliphatic rings. The number of carbonyl (C=O) groups is 2. The number of nitrogens with zero attached hydrogens (tertiary/aromatic N) is 4. The van der Waals surface area contributed by atoms with Crippen molar-refractivity contribution in [1.29, 1.82) is 0 Å². The minimum atomic E-state index is -2.96. The smallest absolute Gasteiger partial charge is 0.255 e. The summed E-state index contributed by atoms with van der Waals surface area (Å²) in [6, 6.07) is 3.46. The van der Waals surface area contributed by atoms with Crippen LogP contribution < -0.4 is 4.90 Å². The zero-order chi connectivity index (χ0) is 18.7. The van der Waals surface area contributed by atoms with Gasteiger partial charge in [0.15, 0.2) is 9.84 Å². The summed E-state index contributed by atoms with van der Waals surface area (Å²) in [6.07, 6.45) is 2.97. The molecule has 2 aliphatic heterocycles. The fraction of sp³-hybridized carbons (Fsp3) is 0.588. The highest BCUT2D eigenvalue weighted by atomic mass is 32.2. The first kappa shape index (κ1) is 18.6. The molecule has 9 heteroatoms. The third-order valence-corrected chi connectivity index (χ3v) is 6.78. The van der Waals surface area contributed by atoms with Gasteiger partial charge in [0.25, 0.3) is 5.91 Å². The van der Waals surface area contributed by atoms with E-state index in [0.29, 0.717) is 50.5 Å². The Morgan fingerprint density at radius 2 is 2.04 bits per heavy atom. The number of amides is 2. The molecule has 2 saturated heterocycles. The van der Waals surface area contributed by atoms with Gasteiger partial charge in [-0.2, -0.15) is 0 Å². The van der Waals surface area contributed by atoms with Gasteiger partial charge in [-0.3, -0.25) is 9.59 Å². The molecule has 0 aliphatic carbocycles. The van der Waals surface area contributed by atoms with E-state index >= 15 is 0 Å². The Kier molecular flexibility index (Phi) is 5.45. The van der Waals surface area contributed by atoms with Crippen LogP contribution in [-0.4, -0.2) is 85.8 Å². The molecule has 2 fully saturated rings. The van der Waals surface area contributed by atoms with Crippen molar-refractivity contribution < 1.29 is 18.0 Å². The molecule has 1 aromatic heterocycles. The third-order valence-electron chi connectivity index (χ3n) is 5.03. The van der Waals surface area contributed by atoms with E-state index in [1.54, 1.807) is 28.1 Å². The summed E-state index contributed by atoms with van der Waals surface area (Å²) >= 11 is 0. The third kappa shape index (κ3) is 3.98. The molecule has 0 spiro atoms. The van der Waals surface area contributed by atoms with Gasteiger partial charge in [-0.1, -0.05) is 0 Å². The number of rotatable bonds is 5. The summed E-state index contributed by atoms with van der Waals surface area (Å²) in [6.45, 7) is 4.74. The number of carbonyl (C=O) groups excluding carboxylic acids is 2. The normalized spacial score (nSPS) is 22.3. The number of piperazine rings is 1.